The SMILES string of the molecule is CS(=O)(=O)NC1CCN2CCc3ccsc3C2C1. The van der Waals surface area contributed by atoms with E-state index in [0.717, 1.165) is 32.4 Å². The number of piperidine rings is 1. The normalized spacial score (nSPS) is 28.7. The third kappa shape index (κ3) is 2.47. The van der Waals surface area contributed by atoms with E-state index >= 15 is 0 Å². The van der Waals surface area contributed by atoms with Gasteiger partial charge in [0.1, 0.15) is 0 Å². The number of rotatable bonds is 2. The van der Waals surface area contributed by atoms with Crippen molar-refractivity contribution in [2.24, 2.45) is 0 Å². The molecule has 6 heteroatoms. The standard InChI is InChI=1S/C12H18N2O2S2/c1-18(15,16)13-10-3-6-14-5-2-9-4-7-17-12(9)11(14)8-10/h4,7,10-11,13H,2-3,5-6,8H2,1H3. The van der Waals surface area contributed by atoms with Gasteiger partial charge in [-0.05, 0) is 36.3 Å². The van der Waals surface area contributed by atoms with Gasteiger partial charge in [0.05, 0.1) is 6.26 Å². The van der Waals surface area contributed by atoms with Gasteiger partial charge < -0.3 is 0 Å². The van der Waals surface area contributed by atoms with Gasteiger partial charge in [0.2, 0.25) is 10.0 Å². The zero-order valence-corrected chi connectivity index (χ0v) is 12.1. The summed E-state index contributed by atoms with van der Waals surface area (Å²) >= 11 is 1.81. The molecule has 2 atom stereocenters. The van der Waals surface area contributed by atoms with Crippen LogP contribution in [0, 0.1) is 0 Å². The molecular weight excluding hydrogens is 268 g/mol. The number of hydrogen-bond acceptors (Lipinski definition) is 4. The largest absolute Gasteiger partial charge is 0.295 e. The number of fused-ring (bicyclic) bond motifs is 3. The second kappa shape index (κ2) is 4.59. The van der Waals surface area contributed by atoms with Crippen molar-refractivity contribution in [3.63, 3.8) is 0 Å². The van der Waals surface area contributed by atoms with E-state index in [4.69, 9.17) is 0 Å². The Balaban J connectivity index is 1.79. The molecule has 2 unspecified atom stereocenters. The maximum Gasteiger partial charge on any atom is 0.208 e. The first kappa shape index (κ1) is 12.6. The second-order valence-electron chi connectivity index (χ2n) is 5.22. The summed E-state index contributed by atoms with van der Waals surface area (Å²) in [6, 6.07) is 2.72. The molecule has 4 nitrogen and oxygen atoms in total. The molecule has 0 amide bonds. The maximum absolute atomic E-state index is 11.3. The minimum absolute atomic E-state index is 0.0919. The van der Waals surface area contributed by atoms with E-state index in [1.165, 1.54) is 16.7 Å². The van der Waals surface area contributed by atoms with Gasteiger partial charge in [0.15, 0.2) is 0 Å². The smallest absolute Gasteiger partial charge is 0.208 e. The minimum atomic E-state index is -3.09. The van der Waals surface area contributed by atoms with Crippen LogP contribution >= 0.6 is 11.3 Å². The van der Waals surface area contributed by atoms with Crippen LogP contribution in [-0.2, 0) is 16.4 Å². The van der Waals surface area contributed by atoms with Gasteiger partial charge in [-0.3, -0.25) is 4.90 Å². The summed E-state index contributed by atoms with van der Waals surface area (Å²) in [4.78, 5) is 3.94. The summed E-state index contributed by atoms with van der Waals surface area (Å²) in [5.41, 5.74) is 1.46. The highest BCUT2D eigenvalue weighted by atomic mass is 32.2. The monoisotopic (exact) mass is 286 g/mol. The lowest BCUT2D eigenvalue weighted by Crippen LogP contribution is -2.47. The summed E-state index contributed by atoms with van der Waals surface area (Å²) in [5, 5.41) is 2.15. The van der Waals surface area contributed by atoms with E-state index in [9.17, 15) is 8.42 Å². The van der Waals surface area contributed by atoms with Crippen LogP contribution in [0.2, 0.25) is 0 Å². The van der Waals surface area contributed by atoms with Crippen molar-refractivity contribution in [3.8, 4) is 0 Å². The van der Waals surface area contributed by atoms with Crippen LogP contribution in [0.25, 0.3) is 0 Å². The molecule has 100 valence electrons. The fourth-order valence-electron chi connectivity index (χ4n) is 3.07. The molecule has 18 heavy (non-hydrogen) atoms. The lowest BCUT2D eigenvalue weighted by atomic mass is 9.91. The van der Waals surface area contributed by atoms with E-state index in [-0.39, 0.29) is 6.04 Å². The Morgan fingerprint density at radius 2 is 2.28 bits per heavy atom. The summed E-state index contributed by atoms with van der Waals surface area (Å²) in [7, 11) is -3.09. The molecule has 3 heterocycles. The highest BCUT2D eigenvalue weighted by Crippen LogP contribution is 2.39. The molecule has 1 fully saturated rings. The van der Waals surface area contributed by atoms with Gasteiger partial charge in [0.25, 0.3) is 0 Å². The predicted molar refractivity (Wildman–Crippen MR) is 73.3 cm³/mol. The fraction of sp³-hybridized carbons (Fsp3) is 0.667. The molecule has 0 saturated carbocycles. The summed E-state index contributed by atoms with van der Waals surface area (Å²) in [6.07, 6.45) is 4.21. The third-order valence-electron chi connectivity index (χ3n) is 3.85. The Labute approximate surface area is 112 Å². The Morgan fingerprint density at radius 1 is 1.44 bits per heavy atom. The number of hydrogen-bond donors (Lipinski definition) is 1. The first-order chi connectivity index (χ1) is 8.53. The molecular formula is C12H18N2O2S2. The summed E-state index contributed by atoms with van der Waals surface area (Å²) in [5.74, 6) is 0. The first-order valence-corrected chi connectivity index (χ1v) is 9.07. The minimum Gasteiger partial charge on any atom is -0.295 e. The highest BCUT2D eigenvalue weighted by Gasteiger charge is 2.34. The van der Waals surface area contributed by atoms with Crippen molar-refractivity contribution >= 4 is 21.4 Å². The zero-order chi connectivity index (χ0) is 12.8. The fourth-order valence-corrected chi connectivity index (χ4v) is 5.00. The quantitative estimate of drug-likeness (QED) is 0.893. The van der Waals surface area contributed by atoms with Gasteiger partial charge in [-0.15, -0.1) is 11.3 Å². The molecule has 1 aromatic heterocycles. The zero-order valence-electron chi connectivity index (χ0n) is 10.4. The average Bonchev–Trinajstić information content (AvgIpc) is 2.75. The summed E-state index contributed by atoms with van der Waals surface area (Å²) < 4.78 is 25.4. The van der Waals surface area contributed by atoms with Crippen molar-refractivity contribution < 1.29 is 8.42 Å². The number of nitrogens with one attached hydrogen (secondary N) is 1. The lowest BCUT2D eigenvalue weighted by Gasteiger charge is -2.42. The van der Waals surface area contributed by atoms with Crippen molar-refractivity contribution in [2.45, 2.75) is 31.3 Å². The van der Waals surface area contributed by atoms with Gasteiger partial charge in [0, 0.05) is 30.1 Å². The lowest BCUT2D eigenvalue weighted by molar-refractivity contribution is 0.125. The van der Waals surface area contributed by atoms with E-state index in [1.807, 2.05) is 11.3 Å². The van der Waals surface area contributed by atoms with Crippen LogP contribution < -0.4 is 4.72 Å². The molecule has 0 aromatic carbocycles. The predicted octanol–water partition coefficient (Wildman–Crippen LogP) is 1.36. The molecule has 2 aliphatic heterocycles. The number of thiophene rings is 1. The molecule has 1 saturated heterocycles. The topological polar surface area (TPSA) is 49.4 Å². The van der Waals surface area contributed by atoms with Crippen molar-refractivity contribution in [3.05, 3.63) is 21.9 Å². The van der Waals surface area contributed by atoms with Crippen LogP contribution in [0.15, 0.2) is 11.4 Å². The van der Waals surface area contributed by atoms with Gasteiger partial charge >= 0.3 is 0 Å². The number of nitrogens with zero attached hydrogens (tertiary/aromatic N) is 1. The van der Waals surface area contributed by atoms with Crippen molar-refractivity contribution in [1.29, 1.82) is 0 Å². The van der Waals surface area contributed by atoms with Crippen molar-refractivity contribution in [2.75, 3.05) is 19.3 Å². The molecule has 0 radical (unpaired) electrons. The van der Waals surface area contributed by atoms with E-state index in [0.29, 0.717) is 6.04 Å². The Kier molecular flexibility index (Phi) is 3.21. The van der Waals surface area contributed by atoms with Gasteiger partial charge in [-0.25, -0.2) is 13.1 Å². The van der Waals surface area contributed by atoms with Gasteiger partial charge in [-0.2, -0.15) is 0 Å². The maximum atomic E-state index is 11.3. The molecule has 1 N–H and O–H groups in total. The van der Waals surface area contributed by atoms with Crippen molar-refractivity contribution in [1.82, 2.24) is 9.62 Å². The van der Waals surface area contributed by atoms with E-state index in [1.54, 1.807) is 0 Å². The molecule has 0 aliphatic carbocycles. The van der Waals surface area contributed by atoms with Crippen LogP contribution in [0.1, 0.15) is 29.3 Å². The first-order valence-electron chi connectivity index (χ1n) is 6.30. The molecule has 3 rings (SSSR count). The second-order valence-corrected chi connectivity index (χ2v) is 7.95. The Bertz CT molecular complexity index is 538. The number of sulfonamides is 1. The summed E-state index contributed by atoms with van der Waals surface area (Å²) in [6.45, 7) is 2.11. The molecule has 2 aliphatic rings. The van der Waals surface area contributed by atoms with E-state index in [2.05, 4.69) is 21.1 Å². The average molecular weight is 286 g/mol. The Hall–Kier alpha value is -0.430. The molecule has 0 bridgehead atoms. The van der Waals surface area contributed by atoms with Crippen LogP contribution in [0.3, 0.4) is 0 Å². The Morgan fingerprint density at radius 3 is 3.06 bits per heavy atom. The van der Waals surface area contributed by atoms with Crippen LogP contribution in [-0.4, -0.2) is 38.7 Å². The third-order valence-corrected chi connectivity index (χ3v) is 5.67. The van der Waals surface area contributed by atoms with Crippen LogP contribution in [0.4, 0.5) is 0 Å². The van der Waals surface area contributed by atoms with E-state index < -0.39 is 10.0 Å². The molecule has 0 spiro atoms. The van der Waals surface area contributed by atoms with Gasteiger partial charge in [-0.1, -0.05) is 0 Å². The molecule has 1 aromatic rings. The van der Waals surface area contributed by atoms with Crippen LogP contribution in [0.5, 0.6) is 0 Å². The highest BCUT2D eigenvalue weighted by molar-refractivity contribution is 7.88.